The minimum atomic E-state index is -0.331. The average Bonchev–Trinajstić information content (AvgIpc) is 3.44. The van der Waals surface area contributed by atoms with E-state index in [4.69, 9.17) is 9.84 Å². The number of aliphatic hydroxyl groups is 1. The Hall–Kier alpha value is -1.59. The number of likely N-dealkylation sites (tertiary alicyclic amines) is 1. The Kier molecular flexibility index (Phi) is 6.10. The van der Waals surface area contributed by atoms with Crippen LogP contribution < -0.4 is 5.32 Å². The van der Waals surface area contributed by atoms with E-state index in [2.05, 4.69) is 10.2 Å². The fourth-order valence-corrected chi connectivity index (χ4v) is 3.60. The molecule has 5 heteroatoms. The van der Waals surface area contributed by atoms with Crippen molar-refractivity contribution in [2.45, 2.75) is 50.8 Å². The first-order chi connectivity index (χ1) is 11.7. The molecule has 2 aliphatic rings. The minimum absolute atomic E-state index is 0.145. The van der Waals surface area contributed by atoms with Crippen molar-refractivity contribution in [1.82, 2.24) is 10.2 Å². The van der Waals surface area contributed by atoms with Crippen LogP contribution in [0.4, 0.5) is 4.79 Å². The van der Waals surface area contributed by atoms with Crippen molar-refractivity contribution >= 4 is 6.09 Å². The summed E-state index contributed by atoms with van der Waals surface area (Å²) in [5.41, 5.74) is 0.997. The number of ether oxygens (including phenoxy) is 1. The summed E-state index contributed by atoms with van der Waals surface area (Å²) >= 11 is 0. The first-order valence-corrected chi connectivity index (χ1v) is 9.06. The van der Waals surface area contributed by atoms with Crippen LogP contribution in [-0.4, -0.2) is 47.9 Å². The molecule has 1 heterocycles. The molecular weight excluding hydrogens is 304 g/mol. The monoisotopic (exact) mass is 332 g/mol. The summed E-state index contributed by atoms with van der Waals surface area (Å²) in [7, 11) is 0. The van der Waals surface area contributed by atoms with Crippen LogP contribution in [0.2, 0.25) is 0 Å². The van der Waals surface area contributed by atoms with Crippen molar-refractivity contribution in [1.29, 1.82) is 0 Å². The van der Waals surface area contributed by atoms with Crippen LogP contribution in [0.3, 0.4) is 0 Å². The van der Waals surface area contributed by atoms with Gasteiger partial charge in [-0.05, 0) is 43.6 Å². The third kappa shape index (κ3) is 5.21. The fraction of sp³-hybridized carbons (Fsp3) is 0.632. The van der Waals surface area contributed by atoms with Gasteiger partial charge in [0.05, 0.1) is 0 Å². The van der Waals surface area contributed by atoms with E-state index in [1.165, 1.54) is 12.8 Å². The van der Waals surface area contributed by atoms with E-state index in [1.54, 1.807) is 0 Å². The molecule has 0 spiro atoms. The first kappa shape index (κ1) is 17.2. The molecule has 24 heavy (non-hydrogen) atoms. The highest BCUT2D eigenvalue weighted by atomic mass is 16.5. The summed E-state index contributed by atoms with van der Waals surface area (Å²) in [6, 6.07) is 10.6. The van der Waals surface area contributed by atoms with E-state index in [0.717, 1.165) is 37.9 Å². The molecular formula is C19H28N2O3. The number of nitrogens with zero attached hydrogens (tertiary/aromatic N) is 1. The number of nitrogens with one attached hydrogen (secondary N) is 1. The number of alkyl carbamates (subject to hydrolysis) is 1. The molecule has 1 aliphatic carbocycles. The summed E-state index contributed by atoms with van der Waals surface area (Å²) in [4.78, 5) is 14.6. The van der Waals surface area contributed by atoms with Gasteiger partial charge in [0.25, 0.3) is 0 Å². The Morgan fingerprint density at radius 1 is 1.25 bits per heavy atom. The zero-order valence-electron chi connectivity index (χ0n) is 14.2. The molecule has 2 unspecified atom stereocenters. The van der Waals surface area contributed by atoms with Gasteiger partial charge in [0.1, 0.15) is 6.61 Å². The predicted octanol–water partition coefficient (Wildman–Crippen LogP) is 2.54. The fourth-order valence-electron chi connectivity index (χ4n) is 3.60. The number of aliphatic hydroxyl groups excluding tert-OH is 1. The number of hydrogen-bond donors (Lipinski definition) is 2. The van der Waals surface area contributed by atoms with Crippen LogP contribution in [0.5, 0.6) is 0 Å². The maximum Gasteiger partial charge on any atom is 0.407 e. The van der Waals surface area contributed by atoms with Crippen molar-refractivity contribution in [2.75, 3.05) is 19.7 Å². The Morgan fingerprint density at radius 3 is 2.75 bits per heavy atom. The number of rotatable bonds is 7. The van der Waals surface area contributed by atoms with Crippen LogP contribution in [0.15, 0.2) is 30.3 Å². The zero-order chi connectivity index (χ0) is 16.8. The number of piperidine rings is 1. The molecule has 1 saturated heterocycles. The molecule has 2 fully saturated rings. The third-order valence-corrected chi connectivity index (χ3v) is 4.93. The normalized spacial score (nSPS) is 24.5. The largest absolute Gasteiger partial charge is 0.445 e. The SMILES string of the molecule is O=C(NC1CC(CCCO)CN(C2CC2)C1)OCc1ccccc1. The first-order valence-electron chi connectivity index (χ1n) is 9.06. The predicted molar refractivity (Wildman–Crippen MR) is 92.6 cm³/mol. The number of benzene rings is 1. The highest BCUT2D eigenvalue weighted by Crippen LogP contribution is 2.32. The highest BCUT2D eigenvalue weighted by Gasteiger charge is 2.36. The lowest BCUT2D eigenvalue weighted by atomic mass is 9.90. The summed E-state index contributed by atoms with van der Waals surface area (Å²) in [6.07, 6.45) is 5.06. The Balaban J connectivity index is 1.47. The van der Waals surface area contributed by atoms with Gasteiger partial charge in [-0.3, -0.25) is 4.90 Å². The van der Waals surface area contributed by atoms with Crippen LogP contribution >= 0.6 is 0 Å². The van der Waals surface area contributed by atoms with Crippen LogP contribution in [-0.2, 0) is 11.3 Å². The van der Waals surface area contributed by atoms with E-state index in [9.17, 15) is 4.79 Å². The van der Waals surface area contributed by atoms with Gasteiger partial charge in [0, 0.05) is 31.8 Å². The van der Waals surface area contributed by atoms with Crippen LogP contribution in [0, 0.1) is 5.92 Å². The molecule has 2 N–H and O–H groups in total. The van der Waals surface area contributed by atoms with Crippen molar-refractivity contribution in [3.8, 4) is 0 Å². The molecule has 1 amide bonds. The minimum Gasteiger partial charge on any atom is -0.445 e. The number of amides is 1. The molecule has 1 aliphatic heterocycles. The number of carbonyl (C=O) groups is 1. The van der Waals surface area contributed by atoms with Gasteiger partial charge in [-0.1, -0.05) is 30.3 Å². The van der Waals surface area contributed by atoms with Crippen molar-refractivity contribution in [2.24, 2.45) is 5.92 Å². The smallest absolute Gasteiger partial charge is 0.407 e. The molecule has 5 nitrogen and oxygen atoms in total. The topological polar surface area (TPSA) is 61.8 Å². The maximum atomic E-state index is 12.1. The lowest BCUT2D eigenvalue weighted by molar-refractivity contribution is 0.102. The molecule has 132 valence electrons. The average molecular weight is 332 g/mol. The number of hydrogen-bond acceptors (Lipinski definition) is 4. The zero-order valence-corrected chi connectivity index (χ0v) is 14.2. The molecule has 2 atom stereocenters. The second-order valence-electron chi connectivity index (χ2n) is 7.06. The van der Waals surface area contributed by atoms with Gasteiger partial charge in [-0.15, -0.1) is 0 Å². The van der Waals surface area contributed by atoms with Crippen LogP contribution in [0.25, 0.3) is 0 Å². The van der Waals surface area contributed by atoms with E-state index in [0.29, 0.717) is 18.6 Å². The molecule has 0 bridgehead atoms. The van der Waals surface area contributed by atoms with E-state index >= 15 is 0 Å². The second kappa shape index (κ2) is 8.49. The maximum absolute atomic E-state index is 12.1. The van der Waals surface area contributed by atoms with Crippen molar-refractivity contribution < 1.29 is 14.6 Å². The summed E-state index contributed by atoms with van der Waals surface area (Å²) < 4.78 is 5.35. The molecule has 1 saturated carbocycles. The van der Waals surface area contributed by atoms with Crippen molar-refractivity contribution in [3.05, 3.63) is 35.9 Å². The molecule has 1 aromatic carbocycles. The van der Waals surface area contributed by atoms with Gasteiger partial charge in [0.2, 0.25) is 0 Å². The van der Waals surface area contributed by atoms with Gasteiger partial charge >= 0.3 is 6.09 Å². The lowest BCUT2D eigenvalue weighted by Crippen LogP contribution is -2.51. The van der Waals surface area contributed by atoms with Gasteiger partial charge < -0.3 is 15.2 Å². The van der Waals surface area contributed by atoms with Gasteiger partial charge in [-0.2, -0.15) is 0 Å². The Morgan fingerprint density at radius 2 is 2.04 bits per heavy atom. The van der Waals surface area contributed by atoms with E-state index in [-0.39, 0.29) is 18.7 Å². The van der Waals surface area contributed by atoms with E-state index in [1.807, 2.05) is 30.3 Å². The standard InChI is InChI=1S/C19H28N2O3/c22-10-4-7-16-11-17(13-21(12-16)18-8-9-18)20-19(23)24-14-15-5-2-1-3-6-15/h1-3,5-6,16-18,22H,4,7-14H2,(H,20,23). The second-order valence-corrected chi connectivity index (χ2v) is 7.06. The quantitative estimate of drug-likeness (QED) is 0.805. The van der Waals surface area contributed by atoms with Crippen LogP contribution in [0.1, 0.15) is 37.7 Å². The third-order valence-electron chi connectivity index (χ3n) is 4.93. The van der Waals surface area contributed by atoms with Gasteiger partial charge in [0.15, 0.2) is 0 Å². The molecule has 0 radical (unpaired) electrons. The summed E-state index contributed by atoms with van der Waals surface area (Å²) in [5, 5.41) is 12.1. The summed E-state index contributed by atoms with van der Waals surface area (Å²) in [6.45, 7) is 2.57. The molecule has 1 aromatic rings. The lowest BCUT2D eigenvalue weighted by Gasteiger charge is -2.38. The number of carbonyl (C=O) groups excluding carboxylic acids is 1. The Bertz CT molecular complexity index is 519. The highest BCUT2D eigenvalue weighted by molar-refractivity contribution is 5.67. The van der Waals surface area contributed by atoms with E-state index < -0.39 is 0 Å². The molecule has 3 rings (SSSR count). The van der Waals surface area contributed by atoms with Crippen molar-refractivity contribution in [3.63, 3.8) is 0 Å². The molecule has 0 aromatic heterocycles. The summed E-state index contributed by atoms with van der Waals surface area (Å²) in [5.74, 6) is 0.547. The Labute approximate surface area is 144 Å². The van der Waals surface area contributed by atoms with Gasteiger partial charge in [-0.25, -0.2) is 4.79 Å².